The summed E-state index contributed by atoms with van der Waals surface area (Å²) in [5, 5.41) is 3.51. The van der Waals surface area contributed by atoms with Gasteiger partial charge in [0.05, 0.1) is 0 Å². The zero-order valence-electron chi connectivity index (χ0n) is 12.8. The standard InChI is InChI=1S/C15H34N2O/c1-4-7-12-17(13-8-5-2)14-11-16-10-9-15-18-6-3/h16H,4-15H2,1-3H3. The van der Waals surface area contributed by atoms with Gasteiger partial charge in [-0.3, -0.25) is 0 Å². The number of nitrogens with one attached hydrogen (secondary N) is 1. The van der Waals surface area contributed by atoms with Crippen molar-refractivity contribution in [2.45, 2.75) is 52.9 Å². The van der Waals surface area contributed by atoms with Crippen molar-refractivity contribution in [2.24, 2.45) is 0 Å². The SMILES string of the molecule is CCCCN(CCCC)CCNCCCOCC. The van der Waals surface area contributed by atoms with E-state index < -0.39 is 0 Å². The summed E-state index contributed by atoms with van der Waals surface area (Å²) in [7, 11) is 0. The first-order valence-electron chi connectivity index (χ1n) is 7.85. The van der Waals surface area contributed by atoms with E-state index in [1.807, 2.05) is 6.92 Å². The van der Waals surface area contributed by atoms with Gasteiger partial charge in [-0.1, -0.05) is 26.7 Å². The van der Waals surface area contributed by atoms with E-state index in [1.54, 1.807) is 0 Å². The van der Waals surface area contributed by atoms with Crippen LogP contribution in [0.3, 0.4) is 0 Å². The highest BCUT2D eigenvalue weighted by atomic mass is 16.5. The summed E-state index contributed by atoms with van der Waals surface area (Å²) < 4.78 is 5.32. The Bertz CT molecular complexity index is 145. The number of hydrogen-bond acceptors (Lipinski definition) is 3. The summed E-state index contributed by atoms with van der Waals surface area (Å²) in [5.74, 6) is 0. The van der Waals surface area contributed by atoms with Gasteiger partial charge in [-0.05, 0) is 45.8 Å². The molecule has 1 N–H and O–H groups in total. The molecule has 0 rings (SSSR count). The van der Waals surface area contributed by atoms with E-state index in [4.69, 9.17) is 4.74 Å². The average Bonchev–Trinajstić information content (AvgIpc) is 2.40. The topological polar surface area (TPSA) is 24.5 Å². The molecule has 0 fully saturated rings. The fourth-order valence-corrected chi connectivity index (χ4v) is 1.90. The second-order valence-corrected chi connectivity index (χ2v) is 4.85. The molecule has 0 unspecified atom stereocenters. The molecule has 110 valence electrons. The van der Waals surface area contributed by atoms with Crippen molar-refractivity contribution in [3.63, 3.8) is 0 Å². The maximum absolute atomic E-state index is 5.32. The van der Waals surface area contributed by atoms with Crippen molar-refractivity contribution < 1.29 is 4.74 Å². The van der Waals surface area contributed by atoms with Crippen LogP contribution >= 0.6 is 0 Å². The Labute approximate surface area is 114 Å². The lowest BCUT2D eigenvalue weighted by Crippen LogP contribution is -2.34. The van der Waals surface area contributed by atoms with Gasteiger partial charge in [0.2, 0.25) is 0 Å². The molecule has 0 aliphatic heterocycles. The quantitative estimate of drug-likeness (QED) is 0.485. The molecule has 0 amide bonds. The van der Waals surface area contributed by atoms with Crippen LogP contribution in [0.2, 0.25) is 0 Å². The summed E-state index contributed by atoms with van der Waals surface area (Å²) in [6.07, 6.45) is 6.37. The molecule has 18 heavy (non-hydrogen) atoms. The van der Waals surface area contributed by atoms with Crippen molar-refractivity contribution >= 4 is 0 Å². The first-order valence-corrected chi connectivity index (χ1v) is 7.85. The molecule has 0 aromatic carbocycles. The van der Waals surface area contributed by atoms with Gasteiger partial charge in [0.25, 0.3) is 0 Å². The van der Waals surface area contributed by atoms with Crippen LogP contribution in [0.25, 0.3) is 0 Å². The number of unbranched alkanes of at least 4 members (excludes halogenated alkanes) is 2. The molecule has 0 aromatic heterocycles. The van der Waals surface area contributed by atoms with Crippen LogP contribution < -0.4 is 5.32 Å². The first kappa shape index (κ1) is 17.9. The molecular formula is C15H34N2O. The van der Waals surface area contributed by atoms with Crippen LogP contribution in [0.4, 0.5) is 0 Å². The lowest BCUT2D eigenvalue weighted by Gasteiger charge is -2.22. The van der Waals surface area contributed by atoms with Gasteiger partial charge in [-0.2, -0.15) is 0 Å². The van der Waals surface area contributed by atoms with E-state index in [1.165, 1.54) is 45.3 Å². The van der Waals surface area contributed by atoms with Crippen LogP contribution in [0.15, 0.2) is 0 Å². The molecule has 0 radical (unpaired) electrons. The Morgan fingerprint density at radius 2 is 1.50 bits per heavy atom. The molecule has 0 aromatic rings. The minimum absolute atomic E-state index is 0.835. The minimum Gasteiger partial charge on any atom is -0.382 e. The third kappa shape index (κ3) is 12.3. The van der Waals surface area contributed by atoms with Crippen molar-refractivity contribution in [2.75, 3.05) is 45.9 Å². The van der Waals surface area contributed by atoms with E-state index in [0.29, 0.717) is 0 Å². The lowest BCUT2D eigenvalue weighted by atomic mass is 10.2. The third-order valence-electron chi connectivity index (χ3n) is 3.11. The number of ether oxygens (including phenoxy) is 1. The first-order chi connectivity index (χ1) is 8.85. The summed E-state index contributed by atoms with van der Waals surface area (Å²) in [5.41, 5.74) is 0. The summed E-state index contributed by atoms with van der Waals surface area (Å²) in [4.78, 5) is 2.60. The fourth-order valence-electron chi connectivity index (χ4n) is 1.90. The molecule has 0 spiro atoms. The molecule has 0 aliphatic rings. The van der Waals surface area contributed by atoms with E-state index in [0.717, 1.165) is 32.7 Å². The minimum atomic E-state index is 0.835. The molecule has 3 heteroatoms. The maximum atomic E-state index is 5.32. The van der Waals surface area contributed by atoms with E-state index in [-0.39, 0.29) is 0 Å². The van der Waals surface area contributed by atoms with Crippen LogP contribution in [-0.4, -0.2) is 50.8 Å². The highest BCUT2D eigenvalue weighted by molar-refractivity contribution is 4.60. The molecule has 0 saturated carbocycles. The monoisotopic (exact) mass is 258 g/mol. The van der Waals surface area contributed by atoms with Gasteiger partial charge in [0, 0.05) is 26.3 Å². The lowest BCUT2D eigenvalue weighted by molar-refractivity contribution is 0.144. The van der Waals surface area contributed by atoms with Crippen molar-refractivity contribution in [1.29, 1.82) is 0 Å². The van der Waals surface area contributed by atoms with Gasteiger partial charge in [0.1, 0.15) is 0 Å². The van der Waals surface area contributed by atoms with Crippen LogP contribution in [0.1, 0.15) is 52.9 Å². The largest absolute Gasteiger partial charge is 0.382 e. The molecule has 0 aliphatic carbocycles. The summed E-state index contributed by atoms with van der Waals surface area (Å²) in [6.45, 7) is 14.2. The Kier molecular flexibility index (Phi) is 14.8. The second kappa shape index (κ2) is 14.9. The Balaban J connectivity index is 3.43. The van der Waals surface area contributed by atoms with Crippen molar-refractivity contribution in [3.05, 3.63) is 0 Å². The van der Waals surface area contributed by atoms with Crippen LogP contribution in [0.5, 0.6) is 0 Å². The second-order valence-electron chi connectivity index (χ2n) is 4.85. The van der Waals surface area contributed by atoms with Crippen LogP contribution in [-0.2, 0) is 4.74 Å². The van der Waals surface area contributed by atoms with E-state index in [2.05, 4.69) is 24.1 Å². The normalized spacial score (nSPS) is 11.3. The van der Waals surface area contributed by atoms with Crippen molar-refractivity contribution in [3.8, 4) is 0 Å². The summed E-state index contributed by atoms with van der Waals surface area (Å²) in [6, 6.07) is 0. The smallest absolute Gasteiger partial charge is 0.0477 e. The molecule has 0 bridgehead atoms. The zero-order chi connectivity index (χ0) is 13.5. The van der Waals surface area contributed by atoms with Crippen molar-refractivity contribution in [1.82, 2.24) is 10.2 Å². The Morgan fingerprint density at radius 1 is 0.833 bits per heavy atom. The van der Waals surface area contributed by atoms with Gasteiger partial charge < -0.3 is 15.0 Å². The van der Waals surface area contributed by atoms with Crippen LogP contribution in [0, 0.1) is 0 Å². The van der Waals surface area contributed by atoms with Gasteiger partial charge in [-0.25, -0.2) is 0 Å². The number of rotatable bonds is 14. The molecule has 0 heterocycles. The highest BCUT2D eigenvalue weighted by Gasteiger charge is 2.02. The molecule has 0 atom stereocenters. The number of hydrogen-bond donors (Lipinski definition) is 1. The van der Waals surface area contributed by atoms with E-state index >= 15 is 0 Å². The number of nitrogens with zero attached hydrogens (tertiary/aromatic N) is 1. The fraction of sp³-hybridized carbons (Fsp3) is 1.00. The predicted molar refractivity (Wildman–Crippen MR) is 80.2 cm³/mol. The van der Waals surface area contributed by atoms with E-state index in [9.17, 15) is 0 Å². The highest BCUT2D eigenvalue weighted by Crippen LogP contribution is 1.98. The molecule has 0 saturated heterocycles. The Hall–Kier alpha value is -0.120. The average molecular weight is 258 g/mol. The third-order valence-corrected chi connectivity index (χ3v) is 3.11. The molecule has 3 nitrogen and oxygen atoms in total. The van der Waals surface area contributed by atoms with Gasteiger partial charge in [-0.15, -0.1) is 0 Å². The predicted octanol–water partition coefficient (Wildman–Crippen LogP) is 2.90. The maximum Gasteiger partial charge on any atom is 0.0477 e. The van der Waals surface area contributed by atoms with Gasteiger partial charge in [0.15, 0.2) is 0 Å². The van der Waals surface area contributed by atoms with Gasteiger partial charge >= 0.3 is 0 Å². The molecular weight excluding hydrogens is 224 g/mol. The summed E-state index contributed by atoms with van der Waals surface area (Å²) >= 11 is 0. The Morgan fingerprint density at radius 3 is 2.06 bits per heavy atom. The zero-order valence-corrected chi connectivity index (χ0v) is 12.8.